The van der Waals surface area contributed by atoms with Gasteiger partial charge in [-0.1, -0.05) is 30.3 Å². The number of hydrogen-bond donors (Lipinski definition) is 1. The molecule has 0 amide bonds. The fraction of sp³-hybridized carbons (Fsp3) is 0.250. The van der Waals surface area contributed by atoms with E-state index in [9.17, 15) is 13.2 Å². The van der Waals surface area contributed by atoms with E-state index in [2.05, 4.69) is 9.71 Å². The van der Waals surface area contributed by atoms with Crippen molar-refractivity contribution in [2.24, 2.45) is 0 Å². The van der Waals surface area contributed by atoms with Crippen LogP contribution in [0.4, 0.5) is 0 Å². The predicted molar refractivity (Wildman–Crippen MR) is 85.9 cm³/mol. The van der Waals surface area contributed by atoms with Crippen LogP contribution < -0.4 is 4.72 Å². The van der Waals surface area contributed by atoms with Gasteiger partial charge in [0, 0.05) is 12.4 Å². The molecule has 1 heterocycles. The van der Waals surface area contributed by atoms with Gasteiger partial charge in [-0.3, -0.25) is 9.78 Å². The van der Waals surface area contributed by atoms with Gasteiger partial charge in [0.15, 0.2) is 0 Å². The number of ether oxygens (including phenoxy) is 1. The molecule has 1 atom stereocenters. The Bertz CT molecular complexity index is 733. The summed E-state index contributed by atoms with van der Waals surface area (Å²) < 4.78 is 31.7. The molecule has 1 N–H and O–H groups in total. The maximum Gasteiger partial charge on any atom is 0.324 e. The molecule has 0 spiro atoms. The summed E-state index contributed by atoms with van der Waals surface area (Å²) in [5.74, 6) is -0.823. The van der Waals surface area contributed by atoms with Crippen molar-refractivity contribution in [1.29, 1.82) is 0 Å². The molecular weight excluding hydrogens is 316 g/mol. The molecular formula is C16H18N2O4S. The lowest BCUT2D eigenvalue weighted by Gasteiger charge is -2.16. The van der Waals surface area contributed by atoms with Gasteiger partial charge < -0.3 is 4.74 Å². The molecule has 2 aromatic rings. The van der Waals surface area contributed by atoms with Crippen molar-refractivity contribution in [3.05, 3.63) is 66.0 Å². The Morgan fingerprint density at radius 1 is 1.13 bits per heavy atom. The van der Waals surface area contributed by atoms with Crippen LogP contribution in [0.3, 0.4) is 0 Å². The maximum absolute atomic E-state index is 12.3. The molecule has 0 saturated heterocycles. The minimum atomic E-state index is -3.68. The minimum Gasteiger partial charge on any atom is -0.468 e. The lowest BCUT2D eigenvalue weighted by Crippen LogP contribution is -2.43. The number of esters is 1. The van der Waals surface area contributed by atoms with E-state index in [0.717, 1.165) is 5.56 Å². The molecule has 23 heavy (non-hydrogen) atoms. The Balaban J connectivity index is 2.12. The van der Waals surface area contributed by atoms with Crippen molar-refractivity contribution in [1.82, 2.24) is 9.71 Å². The van der Waals surface area contributed by atoms with Crippen molar-refractivity contribution in [3.63, 3.8) is 0 Å². The average Bonchev–Trinajstić information content (AvgIpc) is 2.54. The highest BCUT2D eigenvalue weighted by atomic mass is 32.2. The number of carbonyl (C=O) groups is 1. The summed E-state index contributed by atoms with van der Waals surface area (Å²) in [6.45, 7) is 0. The molecule has 0 saturated carbocycles. The van der Waals surface area contributed by atoms with Crippen LogP contribution in [0, 0.1) is 0 Å². The number of methoxy groups -OCH3 is 1. The van der Waals surface area contributed by atoms with Crippen LogP contribution in [0.15, 0.2) is 54.9 Å². The van der Waals surface area contributed by atoms with Crippen LogP contribution in [0.5, 0.6) is 0 Å². The second-order valence-corrected chi connectivity index (χ2v) is 6.75. The third-order valence-electron chi connectivity index (χ3n) is 3.20. The highest BCUT2D eigenvalue weighted by Crippen LogP contribution is 2.08. The van der Waals surface area contributed by atoms with Gasteiger partial charge in [0.2, 0.25) is 10.0 Å². The summed E-state index contributed by atoms with van der Waals surface area (Å²) in [4.78, 5) is 15.8. The Hall–Kier alpha value is -2.25. The zero-order valence-electron chi connectivity index (χ0n) is 12.7. The summed E-state index contributed by atoms with van der Waals surface area (Å²) in [5, 5.41) is 0. The number of nitrogens with zero attached hydrogens (tertiary/aromatic N) is 1. The second-order valence-electron chi connectivity index (χ2n) is 5.00. The van der Waals surface area contributed by atoms with Gasteiger partial charge in [-0.25, -0.2) is 13.1 Å². The highest BCUT2D eigenvalue weighted by Gasteiger charge is 2.25. The topological polar surface area (TPSA) is 85.4 Å². The van der Waals surface area contributed by atoms with Crippen LogP contribution >= 0.6 is 0 Å². The zero-order chi connectivity index (χ0) is 16.7. The quantitative estimate of drug-likeness (QED) is 0.771. The van der Waals surface area contributed by atoms with E-state index in [1.54, 1.807) is 48.8 Å². The molecule has 6 nitrogen and oxygen atoms in total. The minimum absolute atomic E-state index is 0.197. The number of hydrogen-bond acceptors (Lipinski definition) is 5. The van der Waals surface area contributed by atoms with E-state index in [0.29, 0.717) is 5.56 Å². The smallest absolute Gasteiger partial charge is 0.324 e. The Labute approximate surface area is 135 Å². The van der Waals surface area contributed by atoms with Gasteiger partial charge in [0.1, 0.15) is 6.04 Å². The first-order valence-corrected chi connectivity index (χ1v) is 8.66. The molecule has 1 unspecified atom stereocenters. The predicted octanol–water partition coefficient (Wildman–Crippen LogP) is 1.29. The van der Waals surface area contributed by atoms with E-state index >= 15 is 0 Å². The van der Waals surface area contributed by atoms with Gasteiger partial charge in [0.05, 0.1) is 12.9 Å². The molecule has 1 aromatic heterocycles. The van der Waals surface area contributed by atoms with Gasteiger partial charge in [-0.2, -0.15) is 0 Å². The molecule has 122 valence electrons. The van der Waals surface area contributed by atoms with Gasteiger partial charge in [-0.15, -0.1) is 0 Å². The van der Waals surface area contributed by atoms with E-state index in [1.807, 2.05) is 6.07 Å². The van der Waals surface area contributed by atoms with Crippen LogP contribution in [-0.4, -0.2) is 32.5 Å². The maximum atomic E-state index is 12.3. The standard InChI is InChI=1S/C16H18N2O4S/c1-22-16(19)15(11-13-7-9-17-10-8-13)18-23(20,21)12-14-5-3-2-4-6-14/h2-10,15,18H,11-12H2,1H3. The Kier molecular flexibility index (Phi) is 5.84. The Morgan fingerprint density at radius 2 is 1.78 bits per heavy atom. The van der Waals surface area contributed by atoms with Gasteiger partial charge in [0.25, 0.3) is 0 Å². The molecule has 2 rings (SSSR count). The first-order valence-electron chi connectivity index (χ1n) is 7.01. The monoisotopic (exact) mass is 334 g/mol. The molecule has 0 aliphatic rings. The number of aromatic nitrogens is 1. The van der Waals surface area contributed by atoms with Crippen molar-refractivity contribution >= 4 is 16.0 Å². The molecule has 7 heteroatoms. The summed E-state index contributed by atoms with van der Waals surface area (Å²) >= 11 is 0. The zero-order valence-corrected chi connectivity index (χ0v) is 13.5. The van der Waals surface area contributed by atoms with Crippen LogP contribution in [0.25, 0.3) is 0 Å². The van der Waals surface area contributed by atoms with E-state index in [4.69, 9.17) is 4.74 Å². The third kappa shape index (κ3) is 5.46. The van der Waals surface area contributed by atoms with Crippen LogP contribution in [0.1, 0.15) is 11.1 Å². The summed E-state index contributed by atoms with van der Waals surface area (Å²) in [6.07, 6.45) is 3.37. The normalized spacial score (nSPS) is 12.6. The highest BCUT2D eigenvalue weighted by molar-refractivity contribution is 7.88. The Morgan fingerprint density at radius 3 is 2.39 bits per heavy atom. The van der Waals surface area contributed by atoms with Gasteiger partial charge in [-0.05, 0) is 29.7 Å². The van der Waals surface area contributed by atoms with Crippen molar-refractivity contribution in [2.45, 2.75) is 18.2 Å². The number of benzene rings is 1. The average molecular weight is 334 g/mol. The van der Waals surface area contributed by atoms with Crippen LogP contribution in [0.2, 0.25) is 0 Å². The third-order valence-corrected chi connectivity index (χ3v) is 4.55. The number of rotatable bonds is 7. The molecule has 0 aliphatic heterocycles. The molecule has 0 bridgehead atoms. The number of nitrogens with one attached hydrogen (secondary N) is 1. The van der Waals surface area contributed by atoms with E-state index < -0.39 is 22.0 Å². The fourth-order valence-corrected chi connectivity index (χ4v) is 3.45. The number of pyridine rings is 1. The summed E-state index contributed by atoms with van der Waals surface area (Å²) in [7, 11) is -2.45. The largest absolute Gasteiger partial charge is 0.468 e. The number of carbonyl (C=O) groups excluding carboxylic acids is 1. The van der Waals surface area contributed by atoms with Crippen molar-refractivity contribution in [2.75, 3.05) is 7.11 Å². The first kappa shape index (κ1) is 17.1. The summed E-state index contributed by atoms with van der Waals surface area (Å²) in [6, 6.07) is 11.2. The van der Waals surface area contributed by atoms with Gasteiger partial charge >= 0.3 is 5.97 Å². The molecule has 0 fully saturated rings. The lowest BCUT2D eigenvalue weighted by atomic mass is 10.1. The molecule has 0 radical (unpaired) electrons. The summed E-state index contributed by atoms with van der Waals surface area (Å²) in [5.41, 5.74) is 1.44. The SMILES string of the molecule is COC(=O)C(Cc1ccncc1)NS(=O)(=O)Cc1ccccc1. The van der Waals surface area contributed by atoms with Crippen molar-refractivity contribution in [3.8, 4) is 0 Å². The molecule has 1 aromatic carbocycles. The number of sulfonamides is 1. The molecule has 0 aliphatic carbocycles. The van der Waals surface area contributed by atoms with Crippen molar-refractivity contribution < 1.29 is 17.9 Å². The van der Waals surface area contributed by atoms with Crippen LogP contribution in [-0.2, 0) is 31.7 Å². The van der Waals surface area contributed by atoms with E-state index in [-0.39, 0.29) is 12.2 Å². The lowest BCUT2D eigenvalue weighted by molar-refractivity contribution is -0.142. The van der Waals surface area contributed by atoms with E-state index in [1.165, 1.54) is 7.11 Å². The second kappa shape index (κ2) is 7.85. The fourth-order valence-electron chi connectivity index (χ4n) is 2.12. The first-order chi connectivity index (χ1) is 11.0.